The summed E-state index contributed by atoms with van der Waals surface area (Å²) in [6.07, 6.45) is 1.68. The lowest BCUT2D eigenvalue weighted by molar-refractivity contribution is -0.0184. The van der Waals surface area contributed by atoms with Gasteiger partial charge in [-0.1, -0.05) is 0 Å². The van der Waals surface area contributed by atoms with Crippen molar-refractivity contribution < 1.29 is 27.5 Å². The van der Waals surface area contributed by atoms with Crippen molar-refractivity contribution in [1.82, 2.24) is 4.98 Å². The van der Waals surface area contributed by atoms with E-state index < -0.39 is 24.4 Å². The standard InChI is InChI=1S/C19H18F2N2O4S/c1-9-15(18(22)24)17-14(27-9)4-3-13(26-6-11-5-23-10(2)28-11)16(17)12-7-25-8-19(12,20)21/h3-5,12H,6-8H2,1-2H3,(H2,22,24). The normalized spacial score (nSPS) is 18.6. The van der Waals surface area contributed by atoms with Crippen molar-refractivity contribution in [2.24, 2.45) is 5.73 Å². The quantitative estimate of drug-likeness (QED) is 0.691. The second-order valence-corrected chi connectivity index (χ2v) is 8.03. The van der Waals surface area contributed by atoms with Gasteiger partial charge in [0.2, 0.25) is 0 Å². The number of amides is 1. The van der Waals surface area contributed by atoms with Crippen LogP contribution in [0.25, 0.3) is 11.0 Å². The van der Waals surface area contributed by atoms with Crippen molar-refractivity contribution in [2.75, 3.05) is 13.2 Å². The Morgan fingerprint density at radius 2 is 2.21 bits per heavy atom. The molecule has 9 heteroatoms. The van der Waals surface area contributed by atoms with Crippen LogP contribution in [-0.2, 0) is 11.3 Å². The highest BCUT2D eigenvalue weighted by Gasteiger charge is 2.48. The number of primary amides is 1. The lowest BCUT2D eigenvalue weighted by Crippen LogP contribution is -2.25. The summed E-state index contributed by atoms with van der Waals surface area (Å²) >= 11 is 1.46. The highest BCUT2D eigenvalue weighted by Crippen LogP contribution is 2.47. The summed E-state index contributed by atoms with van der Waals surface area (Å²) in [6, 6.07) is 3.17. The number of nitrogens with zero attached hydrogens (tertiary/aromatic N) is 1. The number of benzene rings is 1. The molecular weight excluding hydrogens is 390 g/mol. The SMILES string of the molecule is Cc1ncc(COc2ccc3oc(C)c(C(N)=O)c3c2C2COCC2(F)F)s1. The van der Waals surface area contributed by atoms with Crippen LogP contribution in [0.1, 0.15) is 37.5 Å². The number of hydrogen-bond acceptors (Lipinski definition) is 6. The van der Waals surface area contributed by atoms with Crippen LogP contribution in [-0.4, -0.2) is 30.0 Å². The summed E-state index contributed by atoms with van der Waals surface area (Å²) in [5.41, 5.74) is 6.10. The maximum atomic E-state index is 14.6. The third-order valence-electron chi connectivity index (χ3n) is 4.76. The fourth-order valence-electron chi connectivity index (χ4n) is 3.53. The summed E-state index contributed by atoms with van der Waals surface area (Å²) < 4.78 is 45.7. The van der Waals surface area contributed by atoms with Crippen LogP contribution in [0.3, 0.4) is 0 Å². The van der Waals surface area contributed by atoms with E-state index in [1.807, 2.05) is 6.92 Å². The predicted molar refractivity (Wildman–Crippen MR) is 99.2 cm³/mol. The zero-order chi connectivity index (χ0) is 20.1. The van der Waals surface area contributed by atoms with Gasteiger partial charge in [-0.2, -0.15) is 0 Å². The molecule has 1 aliphatic heterocycles. The van der Waals surface area contributed by atoms with E-state index in [1.54, 1.807) is 25.3 Å². The maximum absolute atomic E-state index is 14.6. The van der Waals surface area contributed by atoms with Gasteiger partial charge in [0, 0.05) is 17.1 Å². The van der Waals surface area contributed by atoms with Crippen molar-refractivity contribution in [3.8, 4) is 5.75 Å². The van der Waals surface area contributed by atoms with E-state index in [9.17, 15) is 13.6 Å². The predicted octanol–water partition coefficient (Wildman–Crippen LogP) is 3.93. The van der Waals surface area contributed by atoms with Crippen LogP contribution in [0.15, 0.2) is 22.7 Å². The number of alkyl halides is 2. The number of thiazole rings is 1. The van der Waals surface area contributed by atoms with Gasteiger partial charge < -0.3 is 19.6 Å². The number of aromatic nitrogens is 1. The topological polar surface area (TPSA) is 87.6 Å². The molecule has 1 saturated heterocycles. The summed E-state index contributed by atoms with van der Waals surface area (Å²) in [4.78, 5) is 17.0. The Kier molecular flexibility index (Phi) is 4.59. The van der Waals surface area contributed by atoms with Crippen LogP contribution in [0.4, 0.5) is 8.78 Å². The number of nitrogens with two attached hydrogens (primary N) is 1. The Bertz CT molecular complexity index is 1060. The van der Waals surface area contributed by atoms with Gasteiger partial charge in [0.25, 0.3) is 11.8 Å². The van der Waals surface area contributed by atoms with Gasteiger partial charge in [0.1, 0.15) is 30.3 Å². The molecule has 1 amide bonds. The highest BCUT2D eigenvalue weighted by atomic mass is 32.1. The van der Waals surface area contributed by atoms with Crippen LogP contribution in [0, 0.1) is 13.8 Å². The first-order valence-electron chi connectivity index (χ1n) is 8.63. The number of aryl methyl sites for hydroxylation is 2. The van der Waals surface area contributed by atoms with E-state index in [1.165, 1.54) is 11.3 Å². The molecule has 0 radical (unpaired) electrons. The van der Waals surface area contributed by atoms with E-state index in [4.69, 9.17) is 19.6 Å². The van der Waals surface area contributed by atoms with E-state index in [-0.39, 0.29) is 41.2 Å². The highest BCUT2D eigenvalue weighted by molar-refractivity contribution is 7.11. The second-order valence-electron chi connectivity index (χ2n) is 6.71. The Labute approximate surface area is 163 Å². The molecule has 1 aliphatic rings. The zero-order valence-corrected chi connectivity index (χ0v) is 16.1. The van der Waals surface area contributed by atoms with E-state index in [0.717, 1.165) is 9.88 Å². The first-order valence-corrected chi connectivity index (χ1v) is 9.45. The van der Waals surface area contributed by atoms with Crippen molar-refractivity contribution in [1.29, 1.82) is 0 Å². The minimum Gasteiger partial charge on any atom is -0.488 e. The number of hydrogen-bond donors (Lipinski definition) is 1. The monoisotopic (exact) mass is 408 g/mol. The molecule has 148 valence electrons. The fourth-order valence-corrected chi connectivity index (χ4v) is 4.24. The lowest BCUT2D eigenvalue weighted by atomic mass is 9.89. The first kappa shape index (κ1) is 18.8. The van der Waals surface area contributed by atoms with E-state index >= 15 is 0 Å². The van der Waals surface area contributed by atoms with Gasteiger partial charge in [-0.15, -0.1) is 11.3 Å². The molecule has 4 rings (SSSR count). The Hall–Kier alpha value is -2.52. The lowest BCUT2D eigenvalue weighted by Gasteiger charge is -2.21. The molecule has 3 heterocycles. The van der Waals surface area contributed by atoms with Gasteiger partial charge >= 0.3 is 0 Å². The number of furan rings is 1. The first-order chi connectivity index (χ1) is 13.3. The molecular formula is C19H18F2N2O4S. The van der Waals surface area contributed by atoms with Gasteiger partial charge in [-0.25, -0.2) is 13.8 Å². The molecule has 2 N–H and O–H groups in total. The maximum Gasteiger partial charge on any atom is 0.280 e. The number of rotatable bonds is 5. The van der Waals surface area contributed by atoms with Gasteiger partial charge in [0.05, 0.1) is 28.0 Å². The summed E-state index contributed by atoms with van der Waals surface area (Å²) in [7, 11) is 0. The van der Waals surface area contributed by atoms with Crippen molar-refractivity contribution in [3.05, 3.63) is 45.1 Å². The molecule has 0 bridgehead atoms. The molecule has 28 heavy (non-hydrogen) atoms. The molecule has 2 aromatic heterocycles. The van der Waals surface area contributed by atoms with Crippen LogP contribution in [0.2, 0.25) is 0 Å². The molecule has 0 spiro atoms. The minimum atomic E-state index is -3.10. The average Bonchev–Trinajstić information content (AvgIpc) is 3.28. The number of ether oxygens (including phenoxy) is 2. The van der Waals surface area contributed by atoms with E-state index in [0.29, 0.717) is 5.58 Å². The molecule has 1 atom stereocenters. The van der Waals surface area contributed by atoms with Crippen molar-refractivity contribution >= 4 is 28.2 Å². The smallest absolute Gasteiger partial charge is 0.280 e. The molecule has 3 aromatic rings. The number of carbonyl (C=O) groups is 1. The van der Waals surface area contributed by atoms with Crippen molar-refractivity contribution in [3.63, 3.8) is 0 Å². The summed E-state index contributed by atoms with van der Waals surface area (Å²) in [6.45, 7) is 2.74. The average molecular weight is 408 g/mol. The fraction of sp³-hybridized carbons (Fsp3) is 0.368. The minimum absolute atomic E-state index is 0.0896. The Balaban J connectivity index is 1.87. The second kappa shape index (κ2) is 6.82. The van der Waals surface area contributed by atoms with Crippen LogP contribution < -0.4 is 10.5 Å². The Morgan fingerprint density at radius 3 is 2.82 bits per heavy atom. The van der Waals surface area contributed by atoms with Gasteiger partial charge in [0.15, 0.2) is 0 Å². The molecule has 1 fully saturated rings. The zero-order valence-electron chi connectivity index (χ0n) is 15.3. The van der Waals surface area contributed by atoms with Crippen LogP contribution >= 0.6 is 11.3 Å². The number of carbonyl (C=O) groups excluding carboxylic acids is 1. The largest absolute Gasteiger partial charge is 0.488 e. The summed E-state index contributed by atoms with van der Waals surface area (Å²) in [5, 5.41) is 1.14. The number of fused-ring (bicyclic) bond motifs is 1. The molecule has 0 aliphatic carbocycles. The van der Waals surface area contributed by atoms with Crippen LogP contribution in [0.5, 0.6) is 5.75 Å². The molecule has 6 nitrogen and oxygen atoms in total. The van der Waals surface area contributed by atoms with E-state index in [2.05, 4.69) is 4.98 Å². The molecule has 1 unspecified atom stereocenters. The number of halogens is 2. The molecule has 1 aromatic carbocycles. The van der Waals surface area contributed by atoms with Gasteiger partial charge in [-0.3, -0.25) is 4.79 Å². The Morgan fingerprint density at radius 1 is 1.43 bits per heavy atom. The summed E-state index contributed by atoms with van der Waals surface area (Å²) in [5.74, 6) is -4.59. The third kappa shape index (κ3) is 3.14. The third-order valence-corrected chi connectivity index (χ3v) is 5.64. The molecule has 0 saturated carbocycles. The van der Waals surface area contributed by atoms with Crippen molar-refractivity contribution in [2.45, 2.75) is 32.3 Å². The van der Waals surface area contributed by atoms with Gasteiger partial charge in [-0.05, 0) is 26.0 Å².